The highest BCUT2D eigenvalue weighted by atomic mass is 19.4. The van der Waals surface area contributed by atoms with Crippen LogP contribution in [0.1, 0.15) is 55.7 Å². The molecule has 0 spiro atoms. The van der Waals surface area contributed by atoms with Crippen molar-refractivity contribution in [1.29, 1.82) is 0 Å². The summed E-state index contributed by atoms with van der Waals surface area (Å²) in [5.74, 6) is 0.183. The lowest BCUT2D eigenvalue weighted by Crippen LogP contribution is -2.47. The standard InChI is InChI=1S/C24H30F6N2O2/c1-15-20-11-17(22(33)31-6-3-2-4-7-31)5-8-32(20)13-21(15)34-14-16-9-18(23(25,26)27)12-19(10-16)24(28,29)30/h9-10,12,15,17,20-21H,2-8,11,13-14H2,1H3. The van der Waals surface area contributed by atoms with Gasteiger partial charge >= 0.3 is 12.4 Å². The summed E-state index contributed by atoms with van der Waals surface area (Å²) < 4.78 is 84.7. The van der Waals surface area contributed by atoms with Crippen molar-refractivity contribution in [1.82, 2.24) is 9.80 Å². The first-order valence-electron chi connectivity index (χ1n) is 11.9. The minimum atomic E-state index is -4.88. The van der Waals surface area contributed by atoms with E-state index in [1.54, 1.807) is 0 Å². The summed E-state index contributed by atoms with van der Waals surface area (Å²) in [4.78, 5) is 17.2. The van der Waals surface area contributed by atoms with Gasteiger partial charge in [0.1, 0.15) is 0 Å². The fourth-order valence-corrected chi connectivity index (χ4v) is 5.57. The normalized spacial score (nSPS) is 28.7. The fourth-order valence-electron chi connectivity index (χ4n) is 5.57. The Labute approximate surface area is 195 Å². The quantitative estimate of drug-likeness (QED) is 0.531. The summed E-state index contributed by atoms with van der Waals surface area (Å²) in [5.41, 5.74) is -2.83. The third kappa shape index (κ3) is 5.53. The molecular formula is C24H30F6N2O2. The van der Waals surface area contributed by atoms with E-state index < -0.39 is 23.5 Å². The van der Waals surface area contributed by atoms with Gasteiger partial charge in [-0.2, -0.15) is 26.3 Å². The Morgan fingerprint density at radius 3 is 2.18 bits per heavy atom. The summed E-state index contributed by atoms with van der Waals surface area (Å²) >= 11 is 0. The highest BCUT2D eigenvalue weighted by Gasteiger charge is 2.45. The minimum Gasteiger partial charge on any atom is -0.372 e. The van der Waals surface area contributed by atoms with Crippen molar-refractivity contribution in [2.24, 2.45) is 11.8 Å². The Bertz CT molecular complexity index is 849. The van der Waals surface area contributed by atoms with Crippen LogP contribution in [0, 0.1) is 11.8 Å². The third-order valence-electron chi connectivity index (χ3n) is 7.50. The number of ether oxygens (including phenoxy) is 1. The molecule has 0 aromatic heterocycles. The van der Waals surface area contributed by atoms with Crippen LogP contribution in [-0.4, -0.2) is 54.0 Å². The van der Waals surface area contributed by atoms with Crippen molar-refractivity contribution in [3.63, 3.8) is 0 Å². The van der Waals surface area contributed by atoms with Gasteiger partial charge in [-0.1, -0.05) is 6.92 Å². The second kappa shape index (κ2) is 9.68. The molecule has 34 heavy (non-hydrogen) atoms. The summed E-state index contributed by atoms with van der Waals surface area (Å²) in [7, 11) is 0. The van der Waals surface area contributed by atoms with Gasteiger partial charge in [-0.25, -0.2) is 0 Å². The molecule has 0 aliphatic carbocycles. The number of alkyl halides is 6. The zero-order valence-corrected chi connectivity index (χ0v) is 19.1. The van der Waals surface area contributed by atoms with Crippen LogP contribution in [0.2, 0.25) is 0 Å². The molecule has 3 heterocycles. The second-order valence-electron chi connectivity index (χ2n) is 9.79. The second-order valence-corrected chi connectivity index (χ2v) is 9.79. The molecule has 0 bridgehead atoms. The SMILES string of the molecule is CC1C(OCc2cc(C(F)(F)F)cc(C(F)(F)F)c2)CN2CCC(C(=O)N3CCCCC3)CC12. The molecule has 3 aliphatic rings. The van der Waals surface area contributed by atoms with Crippen LogP contribution < -0.4 is 0 Å². The Hall–Kier alpha value is -1.81. The molecule has 0 saturated carbocycles. The number of carbonyl (C=O) groups excluding carboxylic acids is 1. The lowest BCUT2D eigenvalue weighted by atomic mass is 9.85. The van der Waals surface area contributed by atoms with Gasteiger partial charge in [0.25, 0.3) is 0 Å². The lowest BCUT2D eigenvalue weighted by molar-refractivity contribution is -0.143. The molecule has 1 amide bonds. The molecule has 4 atom stereocenters. The van der Waals surface area contributed by atoms with E-state index in [1.807, 2.05) is 11.8 Å². The molecular weight excluding hydrogens is 462 g/mol. The predicted molar refractivity (Wildman–Crippen MR) is 113 cm³/mol. The number of hydrogen-bond donors (Lipinski definition) is 0. The molecule has 4 nitrogen and oxygen atoms in total. The molecule has 3 fully saturated rings. The maximum Gasteiger partial charge on any atom is 0.416 e. The van der Waals surface area contributed by atoms with Crippen LogP contribution in [0.4, 0.5) is 26.3 Å². The summed E-state index contributed by atoms with van der Waals surface area (Å²) in [5, 5.41) is 0. The molecule has 0 N–H and O–H groups in total. The Balaban J connectivity index is 1.40. The van der Waals surface area contributed by atoms with Gasteiger partial charge in [0.15, 0.2) is 0 Å². The van der Waals surface area contributed by atoms with Gasteiger partial charge in [-0.05, 0) is 68.3 Å². The number of amides is 1. The number of benzene rings is 1. The smallest absolute Gasteiger partial charge is 0.372 e. The zero-order valence-electron chi connectivity index (χ0n) is 19.1. The lowest BCUT2D eigenvalue weighted by Gasteiger charge is -2.38. The Morgan fingerprint density at radius 2 is 1.59 bits per heavy atom. The Kier molecular flexibility index (Phi) is 7.20. The number of piperidine rings is 2. The van der Waals surface area contributed by atoms with Crippen molar-refractivity contribution >= 4 is 5.91 Å². The van der Waals surface area contributed by atoms with Crippen molar-refractivity contribution in [3.05, 3.63) is 34.9 Å². The van der Waals surface area contributed by atoms with Crippen LogP contribution in [-0.2, 0) is 28.5 Å². The van der Waals surface area contributed by atoms with Gasteiger partial charge in [-0.3, -0.25) is 9.69 Å². The first-order valence-corrected chi connectivity index (χ1v) is 11.9. The van der Waals surface area contributed by atoms with Gasteiger partial charge in [0.05, 0.1) is 23.8 Å². The van der Waals surface area contributed by atoms with Crippen molar-refractivity contribution in [2.45, 2.75) is 70.1 Å². The minimum absolute atomic E-state index is 0.0184. The maximum atomic E-state index is 13.1. The average molecular weight is 493 g/mol. The number of hydrogen-bond acceptors (Lipinski definition) is 3. The summed E-state index contributed by atoms with van der Waals surface area (Å²) in [6, 6.07) is 1.68. The number of fused-ring (bicyclic) bond motifs is 1. The highest BCUT2D eigenvalue weighted by Crippen LogP contribution is 2.39. The highest BCUT2D eigenvalue weighted by molar-refractivity contribution is 5.79. The van der Waals surface area contributed by atoms with Crippen LogP contribution in [0.5, 0.6) is 0 Å². The maximum absolute atomic E-state index is 13.1. The van der Waals surface area contributed by atoms with E-state index in [9.17, 15) is 31.1 Å². The fraction of sp³-hybridized carbons (Fsp3) is 0.708. The van der Waals surface area contributed by atoms with Crippen molar-refractivity contribution in [3.8, 4) is 0 Å². The monoisotopic (exact) mass is 492 g/mol. The largest absolute Gasteiger partial charge is 0.416 e. The van der Waals surface area contributed by atoms with Crippen LogP contribution in [0.3, 0.4) is 0 Å². The number of halogens is 6. The molecule has 10 heteroatoms. The number of likely N-dealkylation sites (tertiary alicyclic amines) is 1. The van der Waals surface area contributed by atoms with E-state index in [0.717, 1.165) is 57.5 Å². The van der Waals surface area contributed by atoms with E-state index in [0.29, 0.717) is 13.0 Å². The predicted octanol–water partition coefficient (Wildman–Crippen LogP) is 5.35. The van der Waals surface area contributed by atoms with E-state index >= 15 is 0 Å². The topological polar surface area (TPSA) is 32.8 Å². The third-order valence-corrected chi connectivity index (χ3v) is 7.50. The van der Waals surface area contributed by atoms with Gasteiger partial charge in [0, 0.05) is 31.6 Å². The van der Waals surface area contributed by atoms with E-state index in [-0.39, 0.29) is 48.1 Å². The average Bonchev–Trinajstić information content (AvgIpc) is 3.11. The molecule has 3 aliphatic heterocycles. The van der Waals surface area contributed by atoms with Crippen molar-refractivity contribution < 1.29 is 35.9 Å². The first-order chi connectivity index (χ1) is 15.9. The van der Waals surface area contributed by atoms with E-state index in [1.165, 1.54) is 0 Å². The van der Waals surface area contributed by atoms with E-state index in [2.05, 4.69) is 4.90 Å². The van der Waals surface area contributed by atoms with Crippen LogP contribution in [0.25, 0.3) is 0 Å². The number of carbonyl (C=O) groups is 1. The molecule has 1 aromatic rings. The summed E-state index contributed by atoms with van der Waals surface area (Å²) in [6.45, 7) is 4.56. The Morgan fingerprint density at radius 1 is 0.971 bits per heavy atom. The van der Waals surface area contributed by atoms with E-state index in [4.69, 9.17) is 4.74 Å². The molecule has 1 aromatic carbocycles. The molecule has 3 saturated heterocycles. The van der Waals surface area contributed by atoms with Gasteiger partial charge < -0.3 is 9.64 Å². The van der Waals surface area contributed by atoms with Crippen LogP contribution in [0.15, 0.2) is 18.2 Å². The van der Waals surface area contributed by atoms with Crippen molar-refractivity contribution in [2.75, 3.05) is 26.2 Å². The number of rotatable bonds is 4. The van der Waals surface area contributed by atoms with Gasteiger partial charge in [0.2, 0.25) is 5.91 Å². The molecule has 190 valence electrons. The molecule has 0 radical (unpaired) electrons. The zero-order chi connectivity index (χ0) is 24.7. The summed E-state index contributed by atoms with van der Waals surface area (Å²) in [6.07, 6.45) is -5.40. The van der Waals surface area contributed by atoms with Crippen LogP contribution >= 0.6 is 0 Å². The molecule has 4 unspecified atom stereocenters. The first kappa shape index (κ1) is 25.3. The number of nitrogens with zero attached hydrogens (tertiary/aromatic N) is 2. The van der Waals surface area contributed by atoms with Gasteiger partial charge in [-0.15, -0.1) is 0 Å². The molecule has 4 rings (SSSR count).